The molecule has 3 heterocycles. The van der Waals surface area contributed by atoms with Crippen LogP contribution in [-0.2, 0) is 11.3 Å². The first-order valence-corrected chi connectivity index (χ1v) is 9.21. The average molecular weight is 345 g/mol. The summed E-state index contributed by atoms with van der Waals surface area (Å²) in [6, 6.07) is 6.76. The van der Waals surface area contributed by atoms with E-state index in [1.807, 2.05) is 17.0 Å². The molecule has 0 saturated carbocycles. The van der Waals surface area contributed by atoms with E-state index in [1.165, 1.54) is 12.8 Å². The second kappa shape index (κ2) is 6.84. The number of fused-ring (bicyclic) bond motifs is 3. The summed E-state index contributed by atoms with van der Waals surface area (Å²) < 4.78 is 10.8. The molecular formula is C19H27N3O3. The van der Waals surface area contributed by atoms with E-state index in [9.17, 15) is 4.79 Å². The summed E-state index contributed by atoms with van der Waals surface area (Å²) in [5, 5.41) is 0. The minimum atomic E-state index is -0.218. The SMILES string of the molecule is COc1ccc2c(c1)CN(C1CCN(C)CC1)CC[C@H]1COC(=O)N21. The Bertz CT molecular complexity index is 643. The molecule has 3 aliphatic heterocycles. The van der Waals surface area contributed by atoms with Gasteiger partial charge in [-0.3, -0.25) is 9.80 Å². The summed E-state index contributed by atoms with van der Waals surface area (Å²) in [7, 11) is 3.88. The lowest BCUT2D eigenvalue weighted by molar-refractivity contribution is 0.109. The van der Waals surface area contributed by atoms with Crippen LogP contribution in [0.2, 0.25) is 0 Å². The zero-order chi connectivity index (χ0) is 17.4. The maximum atomic E-state index is 12.3. The standard InChI is InChI=1S/C19H27N3O3/c1-20-8-5-15(6-9-20)21-10-7-16-13-25-19(23)22(16)18-4-3-17(24-2)11-14(18)12-21/h3-4,11,15-16H,5-10,12-13H2,1-2H3/t16-/m0/s1. The molecule has 0 spiro atoms. The van der Waals surface area contributed by atoms with E-state index in [2.05, 4.69) is 22.9 Å². The zero-order valence-corrected chi connectivity index (χ0v) is 15.1. The summed E-state index contributed by atoms with van der Waals surface area (Å²) in [5.41, 5.74) is 2.13. The number of likely N-dealkylation sites (tertiary alicyclic amines) is 1. The second-order valence-electron chi connectivity index (χ2n) is 7.39. The number of carbonyl (C=O) groups excluding carboxylic acids is 1. The molecule has 3 aliphatic rings. The second-order valence-corrected chi connectivity index (χ2v) is 7.39. The van der Waals surface area contributed by atoms with Gasteiger partial charge in [0.05, 0.1) is 18.8 Å². The van der Waals surface area contributed by atoms with Crippen molar-refractivity contribution >= 4 is 11.8 Å². The summed E-state index contributed by atoms with van der Waals surface area (Å²) in [6.07, 6.45) is 3.16. The van der Waals surface area contributed by atoms with Gasteiger partial charge in [0, 0.05) is 19.1 Å². The summed E-state index contributed by atoms with van der Waals surface area (Å²) in [4.78, 5) is 19.1. The molecule has 0 bridgehead atoms. The lowest BCUT2D eigenvalue weighted by Crippen LogP contribution is -2.47. The van der Waals surface area contributed by atoms with Crippen molar-refractivity contribution in [1.82, 2.24) is 9.80 Å². The third-order valence-electron chi connectivity index (χ3n) is 5.83. The third kappa shape index (κ3) is 3.20. The van der Waals surface area contributed by atoms with Gasteiger partial charge >= 0.3 is 6.09 Å². The molecule has 0 aromatic heterocycles. The van der Waals surface area contributed by atoms with Crippen LogP contribution in [0.4, 0.5) is 10.5 Å². The summed E-state index contributed by atoms with van der Waals surface area (Å²) in [5.74, 6) is 0.840. The number of piperidine rings is 1. The van der Waals surface area contributed by atoms with E-state index in [0.717, 1.165) is 49.6 Å². The topological polar surface area (TPSA) is 45.3 Å². The van der Waals surface area contributed by atoms with Crippen molar-refractivity contribution in [2.75, 3.05) is 45.3 Å². The van der Waals surface area contributed by atoms with Gasteiger partial charge in [-0.25, -0.2) is 4.79 Å². The molecule has 25 heavy (non-hydrogen) atoms. The van der Waals surface area contributed by atoms with Crippen molar-refractivity contribution in [3.05, 3.63) is 23.8 Å². The van der Waals surface area contributed by atoms with E-state index < -0.39 is 0 Å². The smallest absolute Gasteiger partial charge is 0.414 e. The fourth-order valence-electron chi connectivity index (χ4n) is 4.30. The van der Waals surface area contributed by atoms with Gasteiger partial charge in [-0.1, -0.05) is 0 Å². The number of benzene rings is 1. The Balaban J connectivity index is 1.65. The number of anilines is 1. The van der Waals surface area contributed by atoms with Gasteiger partial charge in [0.2, 0.25) is 0 Å². The van der Waals surface area contributed by atoms with Gasteiger partial charge in [-0.2, -0.15) is 0 Å². The molecule has 6 heteroatoms. The van der Waals surface area contributed by atoms with Gasteiger partial charge in [-0.15, -0.1) is 0 Å². The molecule has 2 saturated heterocycles. The van der Waals surface area contributed by atoms with Crippen LogP contribution in [-0.4, -0.2) is 68.4 Å². The fourth-order valence-corrected chi connectivity index (χ4v) is 4.30. The molecule has 0 aliphatic carbocycles. The van der Waals surface area contributed by atoms with Crippen molar-refractivity contribution in [2.45, 2.75) is 37.9 Å². The Kier molecular flexibility index (Phi) is 4.56. The van der Waals surface area contributed by atoms with Crippen LogP contribution in [0.3, 0.4) is 0 Å². The number of ether oxygens (including phenoxy) is 2. The van der Waals surface area contributed by atoms with E-state index in [4.69, 9.17) is 9.47 Å². The number of amides is 1. The number of cyclic esters (lactones) is 1. The largest absolute Gasteiger partial charge is 0.497 e. The fraction of sp³-hybridized carbons (Fsp3) is 0.632. The molecule has 1 atom stereocenters. The maximum absolute atomic E-state index is 12.3. The van der Waals surface area contributed by atoms with E-state index >= 15 is 0 Å². The van der Waals surface area contributed by atoms with Crippen LogP contribution in [0.1, 0.15) is 24.8 Å². The third-order valence-corrected chi connectivity index (χ3v) is 5.83. The van der Waals surface area contributed by atoms with Crippen LogP contribution in [0.5, 0.6) is 5.75 Å². The van der Waals surface area contributed by atoms with Gasteiger partial charge in [0.1, 0.15) is 12.4 Å². The Morgan fingerprint density at radius 2 is 1.88 bits per heavy atom. The first-order chi connectivity index (χ1) is 12.2. The van der Waals surface area contributed by atoms with Crippen molar-refractivity contribution in [2.24, 2.45) is 0 Å². The highest BCUT2D eigenvalue weighted by atomic mass is 16.6. The van der Waals surface area contributed by atoms with Crippen LogP contribution in [0.15, 0.2) is 18.2 Å². The molecule has 1 amide bonds. The highest BCUT2D eigenvalue weighted by molar-refractivity contribution is 5.91. The lowest BCUT2D eigenvalue weighted by Gasteiger charge is -2.40. The minimum Gasteiger partial charge on any atom is -0.497 e. The molecule has 136 valence electrons. The molecule has 4 rings (SSSR count). The molecule has 1 aromatic rings. The van der Waals surface area contributed by atoms with Crippen molar-refractivity contribution in [3.8, 4) is 5.75 Å². The Hall–Kier alpha value is -1.79. The molecule has 0 N–H and O–H groups in total. The number of carbonyl (C=O) groups is 1. The van der Waals surface area contributed by atoms with E-state index in [0.29, 0.717) is 12.6 Å². The van der Waals surface area contributed by atoms with Crippen LogP contribution in [0, 0.1) is 0 Å². The normalized spacial score (nSPS) is 25.8. The predicted molar refractivity (Wildman–Crippen MR) is 96.2 cm³/mol. The summed E-state index contributed by atoms with van der Waals surface area (Å²) in [6.45, 7) is 4.67. The number of rotatable bonds is 2. The van der Waals surface area contributed by atoms with Crippen molar-refractivity contribution in [1.29, 1.82) is 0 Å². The molecule has 1 aromatic carbocycles. The van der Waals surface area contributed by atoms with Crippen LogP contribution in [0.25, 0.3) is 0 Å². The van der Waals surface area contributed by atoms with Gasteiger partial charge in [0.15, 0.2) is 0 Å². The van der Waals surface area contributed by atoms with Crippen LogP contribution < -0.4 is 9.64 Å². The number of methoxy groups -OCH3 is 1. The highest BCUT2D eigenvalue weighted by Crippen LogP contribution is 2.35. The highest BCUT2D eigenvalue weighted by Gasteiger charge is 2.38. The predicted octanol–water partition coefficient (Wildman–Crippen LogP) is 2.32. The zero-order valence-electron chi connectivity index (χ0n) is 15.1. The number of hydrogen-bond donors (Lipinski definition) is 0. The van der Waals surface area contributed by atoms with E-state index in [-0.39, 0.29) is 12.1 Å². The minimum absolute atomic E-state index is 0.133. The number of hydrogen-bond acceptors (Lipinski definition) is 5. The summed E-state index contributed by atoms with van der Waals surface area (Å²) >= 11 is 0. The molecule has 2 fully saturated rings. The van der Waals surface area contributed by atoms with Gasteiger partial charge < -0.3 is 14.4 Å². The average Bonchev–Trinajstić information content (AvgIpc) is 2.97. The first kappa shape index (κ1) is 16.7. The Morgan fingerprint density at radius 3 is 2.64 bits per heavy atom. The maximum Gasteiger partial charge on any atom is 0.414 e. The lowest BCUT2D eigenvalue weighted by atomic mass is 9.99. The monoisotopic (exact) mass is 345 g/mol. The van der Waals surface area contributed by atoms with Gasteiger partial charge in [-0.05, 0) is 63.2 Å². The first-order valence-electron chi connectivity index (χ1n) is 9.21. The molecule has 0 radical (unpaired) electrons. The quantitative estimate of drug-likeness (QED) is 0.823. The van der Waals surface area contributed by atoms with E-state index in [1.54, 1.807) is 7.11 Å². The Labute approximate surface area is 149 Å². The Morgan fingerprint density at radius 1 is 1.12 bits per heavy atom. The number of nitrogens with zero attached hydrogens (tertiary/aromatic N) is 3. The van der Waals surface area contributed by atoms with Crippen LogP contribution >= 0.6 is 0 Å². The van der Waals surface area contributed by atoms with Crippen molar-refractivity contribution in [3.63, 3.8) is 0 Å². The molecular weight excluding hydrogens is 318 g/mol. The molecule has 6 nitrogen and oxygen atoms in total. The molecule has 0 unspecified atom stereocenters. The van der Waals surface area contributed by atoms with Crippen molar-refractivity contribution < 1.29 is 14.3 Å². The van der Waals surface area contributed by atoms with Gasteiger partial charge in [0.25, 0.3) is 0 Å².